The van der Waals surface area contributed by atoms with Gasteiger partial charge in [0, 0.05) is 30.1 Å². The van der Waals surface area contributed by atoms with Crippen LogP contribution in [0, 0.1) is 0 Å². The number of nitrogens with zero attached hydrogens (tertiary/aromatic N) is 1. The molecule has 0 aliphatic carbocycles. The van der Waals surface area contributed by atoms with E-state index in [9.17, 15) is 14.4 Å². The Labute approximate surface area is 173 Å². The summed E-state index contributed by atoms with van der Waals surface area (Å²) in [7, 11) is 1.30. The van der Waals surface area contributed by atoms with Crippen molar-refractivity contribution in [1.82, 2.24) is 9.88 Å². The van der Waals surface area contributed by atoms with Crippen LogP contribution in [0.2, 0.25) is 0 Å². The van der Waals surface area contributed by atoms with Crippen LogP contribution >= 0.6 is 0 Å². The largest absolute Gasteiger partial charge is 0.467 e. The second kappa shape index (κ2) is 8.41. The van der Waals surface area contributed by atoms with Gasteiger partial charge >= 0.3 is 11.9 Å². The minimum atomic E-state index is -0.732. The van der Waals surface area contributed by atoms with Gasteiger partial charge in [-0.2, -0.15) is 0 Å². The van der Waals surface area contributed by atoms with E-state index < -0.39 is 30.5 Å². The van der Waals surface area contributed by atoms with Gasteiger partial charge in [-0.25, -0.2) is 4.79 Å². The molecular weight excluding hydrogens is 384 g/mol. The van der Waals surface area contributed by atoms with E-state index in [0.717, 1.165) is 27.6 Å². The number of aromatic nitrogens is 1. The molecule has 1 aliphatic rings. The zero-order chi connectivity index (χ0) is 21.1. The summed E-state index contributed by atoms with van der Waals surface area (Å²) in [6.07, 6.45) is 2.20. The first-order valence-corrected chi connectivity index (χ1v) is 9.71. The molecule has 1 N–H and O–H groups in total. The molecule has 3 aromatic rings. The van der Waals surface area contributed by atoms with Crippen LogP contribution in [0.1, 0.15) is 16.7 Å². The van der Waals surface area contributed by atoms with Crippen LogP contribution < -0.4 is 0 Å². The zero-order valence-electron chi connectivity index (χ0n) is 16.6. The Morgan fingerprint density at radius 2 is 1.80 bits per heavy atom. The van der Waals surface area contributed by atoms with Crippen LogP contribution in [0.25, 0.3) is 10.9 Å². The van der Waals surface area contributed by atoms with E-state index >= 15 is 0 Å². The number of methoxy groups -OCH3 is 1. The van der Waals surface area contributed by atoms with Crippen molar-refractivity contribution in [3.63, 3.8) is 0 Å². The van der Waals surface area contributed by atoms with E-state index in [1.165, 1.54) is 12.0 Å². The number of rotatable bonds is 5. The van der Waals surface area contributed by atoms with Crippen molar-refractivity contribution in [2.24, 2.45) is 0 Å². The molecule has 0 saturated carbocycles. The van der Waals surface area contributed by atoms with Crippen molar-refractivity contribution in [3.8, 4) is 0 Å². The monoisotopic (exact) mass is 406 g/mol. The summed E-state index contributed by atoms with van der Waals surface area (Å²) in [6, 6.07) is 14.6. The smallest absolute Gasteiger partial charge is 0.328 e. The van der Waals surface area contributed by atoms with Crippen LogP contribution in [0.15, 0.2) is 54.7 Å². The first-order valence-electron chi connectivity index (χ1n) is 9.71. The van der Waals surface area contributed by atoms with E-state index in [1.54, 1.807) is 6.20 Å². The molecule has 2 aromatic carbocycles. The third-order valence-electron chi connectivity index (χ3n) is 5.41. The van der Waals surface area contributed by atoms with Gasteiger partial charge in [0.1, 0.15) is 6.04 Å². The molecule has 1 aromatic heterocycles. The summed E-state index contributed by atoms with van der Waals surface area (Å²) in [4.78, 5) is 41.9. The average Bonchev–Trinajstić information content (AvgIpc) is 3.18. The Bertz CT molecular complexity index is 1100. The molecule has 154 valence electrons. The van der Waals surface area contributed by atoms with Crippen LogP contribution in [-0.4, -0.2) is 47.5 Å². The van der Waals surface area contributed by atoms with E-state index in [2.05, 4.69) is 4.98 Å². The molecular formula is C23H22N2O5. The molecule has 0 unspecified atom stereocenters. The summed E-state index contributed by atoms with van der Waals surface area (Å²) < 4.78 is 10.1. The van der Waals surface area contributed by atoms with Crippen LogP contribution in [0.3, 0.4) is 0 Å². The summed E-state index contributed by atoms with van der Waals surface area (Å²) in [5, 5.41) is 0.944. The molecule has 1 amide bonds. The number of hydrogen-bond donors (Lipinski definition) is 1. The van der Waals surface area contributed by atoms with Gasteiger partial charge in [0.2, 0.25) is 0 Å². The molecule has 0 saturated heterocycles. The van der Waals surface area contributed by atoms with E-state index in [-0.39, 0.29) is 13.0 Å². The number of esters is 2. The standard InChI is InChI=1S/C23H22N2O5/c1-29-23(28)20-10-15-6-2-3-7-16(15)13-25(20)21(26)14-30-22(27)11-17-12-24-19-9-5-4-8-18(17)19/h2-9,12,20,24H,10-11,13-14H2,1H3/t20-/m0/s1. The van der Waals surface area contributed by atoms with Crippen molar-refractivity contribution in [3.05, 3.63) is 71.4 Å². The lowest BCUT2D eigenvalue weighted by Crippen LogP contribution is -2.50. The highest BCUT2D eigenvalue weighted by Crippen LogP contribution is 2.24. The summed E-state index contributed by atoms with van der Waals surface area (Å²) in [5.74, 6) is -1.41. The Kier molecular flexibility index (Phi) is 5.52. The van der Waals surface area contributed by atoms with Crippen molar-refractivity contribution in [2.75, 3.05) is 13.7 Å². The van der Waals surface area contributed by atoms with Crippen LogP contribution in [-0.2, 0) is 43.2 Å². The van der Waals surface area contributed by atoms with E-state index in [1.807, 2.05) is 48.5 Å². The first-order chi connectivity index (χ1) is 14.6. The summed E-state index contributed by atoms with van der Waals surface area (Å²) in [6.45, 7) is -0.147. The minimum absolute atomic E-state index is 0.0561. The Morgan fingerprint density at radius 1 is 1.07 bits per heavy atom. The molecule has 2 heterocycles. The number of ether oxygens (including phenoxy) is 2. The van der Waals surface area contributed by atoms with Crippen molar-refractivity contribution in [2.45, 2.75) is 25.4 Å². The van der Waals surface area contributed by atoms with E-state index in [4.69, 9.17) is 9.47 Å². The topological polar surface area (TPSA) is 88.7 Å². The first kappa shape index (κ1) is 19.7. The molecule has 7 heteroatoms. The maximum atomic E-state index is 12.8. The number of aromatic amines is 1. The molecule has 1 aliphatic heterocycles. The highest BCUT2D eigenvalue weighted by molar-refractivity contribution is 5.89. The highest BCUT2D eigenvalue weighted by atomic mass is 16.5. The number of nitrogens with one attached hydrogen (secondary N) is 1. The molecule has 0 spiro atoms. The second-order valence-electron chi connectivity index (χ2n) is 7.23. The normalized spacial score (nSPS) is 15.5. The fourth-order valence-corrected chi connectivity index (χ4v) is 3.84. The lowest BCUT2D eigenvalue weighted by molar-refractivity contribution is -0.159. The predicted molar refractivity (Wildman–Crippen MR) is 109 cm³/mol. The number of carbonyl (C=O) groups excluding carboxylic acids is 3. The Hall–Kier alpha value is -3.61. The fourth-order valence-electron chi connectivity index (χ4n) is 3.84. The molecule has 4 rings (SSSR count). The van der Waals surface area contributed by atoms with Crippen LogP contribution in [0.5, 0.6) is 0 Å². The predicted octanol–water partition coefficient (Wildman–Crippen LogP) is 2.38. The molecule has 7 nitrogen and oxygen atoms in total. The lowest BCUT2D eigenvalue weighted by atomic mass is 9.94. The zero-order valence-corrected chi connectivity index (χ0v) is 16.6. The second-order valence-corrected chi connectivity index (χ2v) is 7.23. The summed E-state index contributed by atoms with van der Waals surface area (Å²) >= 11 is 0. The summed E-state index contributed by atoms with van der Waals surface area (Å²) in [5.41, 5.74) is 3.72. The number of amides is 1. The highest BCUT2D eigenvalue weighted by Gasteiger charge is 2.35. The molecule has 0 bridgehead atoms. The van der Waals surface area contributed by atoms with Gasteiger partial charge in [-0.1, -0.05) is 42.5 Å². The maximum absolute atomic E-state index is 12.8. The van der Waals surface area contributed by atoms with Crippen molar-refractivity contribution < 1.29 is 23.9 Å². The van der Waals surface area contributed by atoms with E-state index in [0.29, 0.717) is 6.42 Å². The molecule has 1 atom stereocenters. The Morgan fingerprint density at radius 3 is 2.60 bits per heavy atom. The van der Waals surface area contributed by atoms with Gasteiger partial charge in [0.25, 0.3) is 5.91 Å². The third-order valence-corrected chi connectivity index (χ3v) is 5.41. The lowest BCUT2D eigenvalue weighted by Gasteiger charge is -2.35. The van der Waals surface area contributed by atoms with Crippen molar-refractivity contribution >= 4 is 28.7 Å². The Balaban J connectivity index is 1.42. The number of para-hydroxylation sites is 1. The van der Waals surface area contributed by atoms with Gasteiger partial charge in [-0.15, -0.1) is 0 Å². The quantitative estimate of drug-likeness (QED) is 0.657. The van der Waals surface area contributed by atoms with Gasteiger partial charge in [-0.3, -0.25) is 9.59 Å². The average molecular weight is 406 g/mol. The van der Waals surface area contributed by atoms with Crippen LogP contribution in [0.4, 0.5) is 0 Å². The minimum Gasteiger partial charge on any atom is -0.467 e. The van der Waals surface area contributed by atoms with Crippen molar-refractivity contribution in [1.29, 1.82) is 0 Å². The number of fused-ring (bicyclic) bond motifs is 2. The third kappa shape index (κ3) is 3.91. The molecule has 0 fully saturated rings. The fraction of sp³-hybridized carbons (Fsp3) is 0.261. The van der Waals surface area contributed by atoms with Gasteiger partial charge < -0.3 is 19.4 Å². The number of carbonyl (C=O) groups is 3. The van der Waals surface area contributed by atoms with Gasteiger partial charge in [0.05, 0.1) is 13.5 Å². The van der Waals surface area contributed by atoms with Gasteiger partial charge in [0.15, 0.2) is 6.61 Å². The molecule has 0 radical (unpaired) electrons. The number of hydrogen-bond acceptors (Lipinski definition) is 5. The number of H-pyrrole nitrogens is 1. The van der Waals surface area contributed by atoms with Gasteiger partial charge in [-0.05, 0) is 22.8 Å². The SMILES string of the molecule is COC(=O)[C@@H]1Cc2ccccc2CN1C(=O)COC(=O)Cc1c[nH]c2ccccc12. The maximum Gasteiger partial charge on any atom is 0.328 e. The molecule has 30 heavy (non-hydrogen) atoms. The number of benzene rings is 2.